The van der Waals surface area contributed by atoms with E-state index in [-0.39, 0.29) is 18.2 Å². The summed E-state index contributed by atoms with van der Waals surface area (Å²) in [5.74, 6) is 0.0506. The Morgan fingerprint density at radius 1 is 1.16 bits per heavy atom. The number of carbonyl (C=O) groups is 2. The summed E-state index contributed by atoms with van der Waals surface area (Å²) in [5, 5.41) is 12.2. The van der Waals surface area contributed by atoms with Crippen LogP contribution in [-0.2, 0) is 9.59 Å². The molecule has 25 heavy (non-hydrogen) atoms. The average molecular weight is 349 g/mol. The van der Waals surface area contributed by atoms with E-state index in [1.54, 1.807) is 25.3 Å². The maximum atomic E-state index is 12.7. The summed E-state index contributed by atoms with van der Waals surface area (Å²) in [7, 11) is 3.07. The number of hydrogen-bond donors (Lipinski definition) is 2. The van der Waals surface area contributed by atoms with E-state index in [4.69, 9.17) is 9.47 Å². The van der Waals surface area contributed by atoms with Crippen LogP contribution in [0.15, 0.2) is 18.2 Å². The zero-order chi connectivity index (χ0) is 18.2. The van der Waals surface area contributed by atoms with E-state index in [0.717, 1.165) is 38.5 Å². The zero-order valence-corrected chi connectivity index (χ0v) is 14.9. The summed E-state index contributed by atoms with van der Waals surface area (Å²) in [4.78, 5) is 24.0. The first-order chi connectivity index (χ1) is 12.0. The number of rotatable bonds is 7. The molecule has 1 atom stereocenters. The molecule has 1 aliphatic rings. The third-order valence-corrected chi connectivity index (χ3v) is 4.74. The van der Waals surface area contributed by atoms with Crippen LogP contribution in [0.5, 0.6) is 11.5 Å². The van der Waals surface area contributed by atoms with Crippen molar-refractivity contribution in [2.24, 2.45) is 5.92 Å². The van der Waals surface area contributed by atoms with E-state index in [1.807, 2.05) is 0 Å². The molecule has 1 fully saturated rings. The summed E-state index contributed by atoms with van der Waals surface area (Å²) in [6.45, 7) is 0. The topological polar surface area (TPSA) is 84.9 Å². The maximum absolute atomic E-state index is 12.7. The lowest BCUT2D eigenvalue weighted by Crippen LogP contribution is -2.35. The molecular weight excluding hydrogens is 322 g/mol. The van der Waals surface area contributed by atoms with Crippen molar-refractivity contribution < 1.29 is 24.2 Å². The van der Waals surface area contributed by atoms with Crippen LogP contribution < -0.4 is 14.8 Å². The highest BCUT2D eigenvalue weighted by Crippen LogP contribution is 2.32. The molecule has 0 heterocycles. The SMILES string of the molecule is COc1ccc(C(CC(=O)O)NC(=O)C2CCCCCC2)c(OC)c1. The molecular formula is C19H27NO5. The Labute approximate surface area is 148 Å². The average Bonchev–Trinajstić information content (AvgIpc) is 2.89. The second-order valence-electron chi connectivity index (χ2n) is 6.46. The van der Waals surface area contributed by atoms with Gasteiger partial charge in [-0.2, -0.15) is 0 Å². The van der Waals surface area contributed by atoms with Crippen LogP contribution in [0.3, 0.4) is 0 Å². The largest absolute Gasteiger partial charge is 0.497 e. The Kier molecular flexibility index (Phi) is 7.10. The predicted octanol–water partition coefficient (Wildman–Crippen LogP) is 3.31. The molecule has 1 saturated carbocycles. The van der Waals surface area contributed by atoms with Crippen LogP contribution in [-0.4, -0.2) is 31.2 Å². The standard InChI is InChI=1S/C19H27NO5/c1-24-14-9-10-15(17(11-14)25-2)16(12-18(21)22)20-19(23)13-7-5-3-4-6-8-13/h9-11,13,16H,3-8,12H2,1-2H3,(H,20,23)(H,21,22). The summed E-state index contributed by atoms with van der Waals surface area (Å²) >= 11 is 0. The van der Waals surface area contributed by atoms with Crippen molar-refractivity contribution >= 4 is 11.9 Å². The smallest absolute Gasteiger partial charge is 0.305 e. The van der Waals surface area contributed by atoms with E-state index in [2.05, 4.69) is 5.32 Å². The monoisotopic (exact) mass is 349 g/mol. The van der Waals surface area contributed by atoms with Crippen molar-refractivity contribution in [1.29, 1.82) is 0 Å². The molecule has 1 aromatic carbocycles. The van der Waals surface area contributed by atoms with Crippen molar-refractivity contribution in [1.82, 2.24) is 5.32 Å². The molecule has 0 spiro atoms. The minimum absolute atomic E-state index is 0.0389. The molecule has 2 rings (SSSR count). The third-order valence-electron chi connectivity index (χ3n) is 4.74. The van der Waals surface area contributed by atoms with Gasteiger partial charge >= 0.3 is 5.97 Å². The van der Waals surface area contributed by atoms with Gasteiger partial charge in [-0.05, 0) is 25.0 Å². The molecule has 1 aromatic rings. The second kappa shape index (κ2) is 9.30. The Morgan fingerprint density at radius 2 is 1.84 bits per heavy atom. The van der Waals surface area contributed by atoms with Gasteiger partial charge in [-0.15, -0.1) is 0 Å². The molecule has 6 nitrogen and oxygen atoms in total. The number of carboxylic acids is 1. The van der Waals surface area contributed by atoms with Gasteiger partial charge in [0.1, 0.15) is 11.5 Å². The zero-order valence-electron chi connectivity index (χ0n) is 14.9. The van der Waals surface area contributed by atoms with E-state index in [0.29, 0.717) is 17.1 Å². The lowest BCUT2D eigenvalue weighted by atomic mass is 9.97. The molecule has 1 unspecified atom stereocenters. The molecule has 6 heteroatoms. The van der Waals surface area contributed by atoms with Gasteiger partial charge in [0, 0.05) is 17.5 Å². The fourth-order valence-corrected chi connectivity index (χ4v) is 3.35. The van der Waals surface area contributed by atoms with Crippen molar-refractivity contribution in [2.75, 3.05) is 14.2 Å². The van der Waals surface area contributed by atoms with Gasteiger partial charge in [-0.25, -0.2) is 0 Å². The van der Waals surface area contributed by atoms with Crippen LogP contribution in [0.4, 0.5) is 0 Å². The molecule has 2 N–H and O–H groups in total. The van der Waals surface area contributed by atoms with Gasteiger partial charge in [-0.3, -0.25) is 9.59 Å². The van der Waals surface area contributed by atoms with Crippen LogP contribution in [0.1, 0.15) is 56.6 Å². The number of nitrogens with one attached hydrogen (secondary N) is 1. The van der Waals surface area contributed by atoms with Gasteiger partial charge < -0.3 is 19.9 Å². The molecule has 1 aliphatic carbocycles. The highest BCUT2D eigenvalue weighted by Gasteiger charge is 2.26. The van der Waals surface area contributed by atoms with Gasteiger partial charge in [0.05, 0.1) is 26.7 Å². The molecule has 1 amide bonds. The first-order valence-corrected chi connectivity index (χ1v) is 8.79. The number of methoxy groups -OCH3 is 2. The number of amides is 1. The molecule has 138 valence electrons. The van der Waals surface area contributed by atoms with E-state index in [1.165, 1.54) is 7.11 Å². The molecule has 0 radical (unpaired) electrons. The van der Waals surface area contributed by atoms with E-state index >= 15 is 0 Å². The number of aliphatic carboxylic acids is 1. The lowest BCUT2D eigenvalue weighted by molar-refractivity contribution is -0.138. The van der Waals surface area contributed by atoms with Crippen molar-refractivity contribution in [3.05, 3.63) is 23.8 Å². The van der Waals surface area contributed by atoms with Crippen molar-refractivity contribution in [2.45, 2.75) is 51.0 Å². The van der Waals surface area contributed by atoms with E-state index < -0.39 is 12.0 Å². The summed E-state index contributed by atoms with van der Waals surface area (Å²) < 4.78 is 10.6. The fourth-order valence-electron chi connectivity index (χ4n) is 3.35. The van der Waals surface area contributed by atoms with E-state index in [9.17, 15) is 14.7 Å². The van der Waals surface area contributed by atoms with Crippen LogP contribution in [0.25, 0.3) is 0 Å². The van der Waals surface area contributed by atoms with Crippen LogP contribution in [0, 0.1) is 5.92 Å². The second-order valence-corrected chi connectivity index (χ2v) is 6.46. The highest BCUT2D eigenvalue weighted by atomic mass is 16.5. The summed E-state index contributed by atoms with van der Waals surface area (Å²) in [6, 6.07) is 4.56. The molecule has 0 bridgehead atoms. The lowest BCUT2D eigenvalue weighted by Gasteiger charge is -2.23. The predicted molar refractivity (Wildman–Crippen MR) is 93.9 cm³/mol. The number of hydrogen-bond acceptors (Lipinski definition) is 4. The Morgan fingerprint density at radius 3 is 2.40 bits per heavy atom. The molecule has 0 aliphatic heterocycles. The van der Waals surface area contributed by atoms with Gasteiger partial charge in [-0.1, -0.05) is 25.7 Å². The number of benzene rings is 1. The quantitative estimate of drug-likeness (QED) is 0.738. The normalized spacial score (nSPS) is 16.6. The summed E-state index contributed by atoms with van der Waals surface area (Å²) in [5.41, 5.74) is 0.646. The highest BCUT2D eigenvalue weighted by molar-refractivity contribution is 5.80. The number of carboxylic acid groups (broad SMARTS) is 1. The summed E-state index contributed by atoms with van der Waals surface area (Å²) in [6.07, 6.45) is 5.96. The van der Waals surface area contributed by atoms with Crippen molar-refractivity contribution in [3.63, 3.8) is 0 Å². The Hall–Kier alpha value is -2.24. The van der Waals surface area contributed by atoms with Gasteiger partial charge in [0.15, 0.2) is 0 Å². The Balaban J connectivity index is 2.20. The third kappa shape index (κ3) is 5.37. The minimum Gasteiger partial charge on any atom is -0.497 e. The van der Waals surface area contributed by atoms with Crippen LogP contribution >= 0.6 is 0 Å². The fraction of sp³-hybridized carbons (Fsp3) is 0.579. The van der Waals surface area contributed by atoms with Crippen molar-refractivity contribution in [3.8, 4) is 11.5 Å². The molecule has 0 aromatic heterocycles. The number of ether oxygens (including phenoxy) is 2. The van der Waals surface area contributed by atoms with Crippen LogP contribution in [0.2, 0.25) is 0 Å². The maximum Gasteiger partial charge on any atom is 0.305 e. The first kappa shape index (κ1) is 19.1. The van der Waals surface area contributed by atoms with Gasteiger partial charge in [0.25, 0.3) is 0 Å². The number of carbonyl (C=O) groups excluding carboxylic acids is 1. The minimum atomic E-state index is -0.968. The van der Waals surface area contributed by atoms with Gasteiger partial charge in [0.2, 0.25) is 5.91 Å². The Bertz CT molecular complexity index is 593. The first-order valence-electron chi connectivity index (χ1n) is 8.79. The molecule has 0 saturated heterocycles.